The fourth-order valence-corrected chi connectivity index (χ4v) is 4.89. The Morgan fingerprint density at radius 2 is 1.81 bits per heavy atom. The van der Waals surface area contributed by atoms with Gasteiger partial charge in [-0.3, -0.25) is 14.5 Å². The van der Waals surface area contributed by atoms with Crippen LogP contribution in [0.3, 0.4) is 0 Å². The lowest BCUT2D eigenvalue weighted by atomic mass is 10.1. The Bertz CT molecular complexity index is 907. The second kappa shape index (κ2) is 12.5. The number of benzene rings is 2. The number of carbonyl (C=O) groups is 2. The first-order valence-electron chi connectivity index (χ1n) is 10.8. The first-order chi connectivity index (χ1) is 15.5. The summed E-state index contributed by atoms with van der Waals surface area (Å²) in [6, 6.07) is 14.4. The molecule has 5 nitrogen and oxygen atoms in total. The molecule has 0 saturated carbocycles. The molecule has 32 heavy (non-hydrogen) atoms. The van der Waals surface area contributed by atoms with E-state index >= 15 is 0 Å². The Kier molecular flexibility index (Phi) is 9.72. The third-order valence-electron chi connectivity index (χ3n) is 5.64. The van der Waals surface area contributed by atoms with Gasteiger partial charge in [-0.05, 0) is 68.1 Å². The summed E-state index contributed by atoms with van der Waals surface area (Å²) in [7, 11) is 0. The molecule has 3 rings (SSSR count). The maximum absolute atomic E-state index is 13.1. The van der Waals surface area contributed by atoms with Crippen LogP contribution in [0.15, 0.2) is 48.5 Å². The van der Waals surface area contributed by atoms with Crippen molar-refractivity contribution in [2.45, 2.75) is 31.3 Å². The molecule has 1 aliphatic rings. The molecular formula is C24H29Cl2N3O2S. The van der Waals surface area contributed by atoms with Gasteiger partial charge in [-0.25, -0.2) is 0 Å². The van der Waals surface area contributed by atoms with Gasteiger partial charge in [0.1, 0.15) is 6.04 Å². The van der Waals surface area contributed by atoms with E-state index in [4.69, 9.17) is 23.2 Å². The van der Waals surface area contributed by atoms with Crippen LogP contribution in [0, 0.1) is 0 Å². The average molecular weight is 494 g/mol. The van der Waals surface area contributed by atoms with E-state index < -0.39 is 6.04 Å². The van der Waals surface area contributed by atoms with Crippen molar-refractivity contribution in [2.75, 3.05) is 31.6 Å². The molecule has 2 aromatic carbocycles. The number of rotatable bonds is 10. The zero-order chi connectivity index (χ0) is 22.9. The van der Waals surface area contributed by atoms with Gasteiger partial charge in [0, 0.05) is 11.6 Å². The summed E-state index contributed by atoms with van der Waals surface area (Å²) in [6.07, 6.45) is 4.85. The van der Waals surface area contributed by atoms with Gasteiger partial charge in [-0.15, -0.1) is 0 Å². The molecule has 0 radical (unpaired) electrons. The highest BCUT2D eigenvalue weighted by Gasteiger charge is 2.26. The topological polar surface area (TPSA) is 61.4 Å². The first kappa shape index (κ1) is 24.9. The molecule has 2 amide bonds. The number of nitrogens with zero attached hydrogens (tertiary/aromatic N) is 1. The van der Waals surface area contributed by atoms with Gasteiger partial charge in [0.05, 0.1) is 16.6 Å². The number of likely N-dealkylation sites (tertiary alicyclic amines) is 1. The monoisotopic (exact) mass is 493 g/mol. The lowest BCUT2D eigenvalue weighted by molar-refractivity contribution is -0.123. The molecule has 2 atom stereocenters. The highest BCUT2D eigenvalue weighted by atomic mass is 35.5. The van der Waals surface area contributed by atoms with Crippen LogP contribution in [0.1, 0.15) is 41.2 Å². The minimum atomic E-state index is -0.642. The number of thioether (sulfide) groups is 1. The Morgan fingerprint density at radius 3 is 2.47 bits per heavy atom. The van der Waals surface area contributed by atoms with Gasteiger partial charge in [0.2, 0.25) is 5.91 Å². The fraction of sp³-hybridized carbons (Fsp3) is 0.417. The largest absolute Gasteiger partial charge is 0.352 e. The van der Waals surface area contributed by atoms with Gasteiger partial charge in [0.15, 0.2) is 0 Å². The smallest absolute Gasteiger partial charge is 0.253 e. The van der Waals surface area contributed by atoms with Gasteiger partial charge >= 0.3 is 0 Å². The number of hydrogen-bond acceptors (Lipinski definition) is 4. The van der Waals surface area contributed by atoms with Crippen molar-refractivity contribution >= 4 is 46.8 Å². The van der Waals surface area contributed by atoms with Gasteiger partial charge in [0.25, 0.3) is 5.91 Å². The van der Waals surface area contributed by atoms with E-state index in [1.807, 2.05) is 24.5 Å². The lowest BCUT2D eigenvalue weighted by Crippen LogP contribution is -2.49. The molecule has 1 fully saturated rings. The van der Waals surface area contributed by atoms with Crippen LogP contribution < -0.4 is 10.6 Å². The molecule has 1 saturated heterocycles. The number of hydrogen-bond donors (Lipinski definition) is 2. The maximum Gasteiger partial charge on any atom is 0.253 e. The second-order valence-electron chi connectivity index (χ2n) is 7.85. The normalized spacial score (nSPS) is 15.8. The molecule has 172 valence electrons. The Balaban J connectivity index is 1.68. The van der Waals surface area contributed by atoms with E-state index in [1.165, 1.54) is 24.5 Å². The molecule has 2 aromatic rings. The molecule has 2 unspecified atom stereocenters. The molecular weight excluding hydrogens is 465 g/mol. The van der Waals surface area contributed by atoms with Crippen molar-refractivity contribution in [1.29, 1.82) is 0 Å². The number of amides is 2. The van der Waals surface area contributed by atoms with Crippen molar-refractivity contribution in [3.63, 3.8) is 0 Å². The first-order valence-corrected chi connectivity index (χ1v) is 13.0. The zero-order valence-corrected chi connectivity index (χ0v) is 20.5. The lowest BCUT2D eigenvalue weighted by Gasteiger charge is -2.29. The van der Waals surface area contributed by atoms with Crippen molar-refractivity contribution in [1.82, 2.24) is 15.5 Å². The van der Waals surface area contributed by atoms with Gasteiger partial charge in [-0.1, -0.05) is 53.5 Å². The third kappa shape index (κ3) is 6.88. The fourth-order valence-electron chi connectivity index (χ4n) is 3.92. The molecule has 0 bridgehead atoms. The summed E-state index contributed by atoms with van der Waals surface area (Å²) in [6.45, 7) is 2.55. The highest BCUT2D eigenvalue weighted by Crippen LogP contribution is 2.25. The average Bonchev–Trinajstić information content (AvgIpc) is 3.31. The number of halogens is 2. The van der Waals surface area contributed by atoms with Crippen molar-refractivity contribution in [3.05, 3.63) is 69.7 Å². The van der Waals surface area contributed by atoms with Crippen molar-refractivity contribution < 1.29 is 9.59 Å². The van der Waals surface area contributed by atoms with Crippen LogP contribution in [-0.2, 0) is 4.79 Å². The third-order valence-corrected chi connectivity index (χ3v) is 6.84. The Morgan fingerprint density at radius 1 is 1.09 bits per heavy atom. The van der Waals surface area contributed by atoms with Gasteiger partial charge < -0.3 is 10.6 Å². The van der Waals surface area contributed by atoms with Crippen molar-refractivity contribution in [2.24, 2.45) is 0 Å². The maximum atomic E-state index is 13.1. The summed E-state index contributed by atoms with van der Waals surface area (Å²) in [5.41, 5.74) is 1.49. The van der Waals surface area contributed by atoms with E-state index in [-0.39, 0.29) is 22.9 Å². The molecule has 0 aromatic heterocycles. The molecule has 8 heteroatoms. The molecule has 2 N–H and O–H groups in total. The van der Waals surface area contributed by atoms with Gasteiger partial charge in [-0.2, -0.15) is 11.8 Å². The van der Waals surface area contributed by atoms with E-state index in [0.29, 0.717) is 23.6 Å². The van der Waals surface area contributed by atoms with E-state index in [1.54, 1.807) is 23.9 Å². The summed E-state index contributed by atoms with van der Waals surface area (Å²) in [5.74, 6) is 0.186. The molecule has 0 spiro atoms. The molecule has 1 aliphatic heterocycles. The minimum Gasteiger partial charge on any atom is -0.352 e. The molecule has 0 aliphatic carbocycles. The highest BCUT2D eigenvalue weighted by molar-refractivity contribution is 7.98. The van der Waals surface area contributed by atoms with Crippen LogP contribution in [0.5, 0.6) is 0 Å². The molecule has 1 heterocycles. The Hall–Kier alpha value is -1.73. The quantitative estimate of drug-likeness (QED) is 0.498. The zero-order valence-electron chi connectivity index (χ0n) is 18.2. The number of carbonyl (C=O) groups excluding carboxylic acids is 2. The summed E-state index contributed by atoms with van der Waals surface area (Å²) in [5, 5.41) is 6.66. The standard InChI is InChI=1S/C24H29Cl2N3O2S/c1-32-14-11-21(28-23(30)19-10-9-18(25)15-20(19)26)24(31)27-16-22(29-12-5-6-13-29)17-7-3-2-4-8-17/h2-4,7-10,15,21-22H,5-6,11-14,16H2,1H3,(H,27,31)(H,28,30). The van der Waals surface area contributed by atoms with Crippen LogP contribution >= 0.6 is 35.0 Å². The Labute approximate surface area is 204 Å². The van der Waals surface area contributed by atoms with Crippen LogP contribution in [0.2, 0.25) is 10.0 Å². The van der Waals surface area contributed by atoms with Crippen LogP contribution in [0.25, 0.3) is 0 Å². The van der Waals surface area contributed by atoms with Crippen LogP contribution in [-0.4, -0.2) is 54.4 Å². The van der Waals surface area contributed by atoms with Crippen LogP contribution in [0.4, 0.5) is 0 Å². The number of nitrogens with one attached hydrogen (secondary N) is 2. The SMILES string of the molecule is CSCCC(NC(=O)c1ccc(Cl)cc1Cl)C(=O)NCC(c1ccccc1)N1CCCC1. The summed E-state index contributed by atoms with van der Waals surface area (Å²) < 4.78 is 0. The van der Waals surface area contributed by atoms with E-state index in [0.717, 1.165) is 18.8 Å². The summed E-state index contributed by atoms with van der Waals surface area (Å²) in [4.78, 5) is 28.3. The predicted octanol–water partition coefficient (Wildman–Crippen LogP) is 4.80. The second-order valence-corrected chi connectivity index (χ2v) is 9.68. The summed E-state index contributed by atoms with van der Waals surface area (Å²) >= 11 is 13.7. The van der Waals surface area contributed by atoms with E-state index in [9.17, 15) is 9.59 Å². The van der Waals surface area contributed by atoms with Crippen molar-refractivity contribution in [3.8, 4) is 0 Å². The predicted molar refractivity (Wildman–Crippen MR) is 134 cm³/mol. The minimum absolute atomic E-state index is 0.116. The van der Waals surface area contributed by atoms with E-state index in [2.05, 4.69) is 27.7 Å².